The number of sulfonamides is 1. The zero-order valence-corrected chi connectivity index (χ0v) is 11.2. The Morgan fingerprint density at radius 1 is 1.32 bits per heavy atom. The summed E-state index contributed by atoms with van der Waals surface area (Å²) in [6, 6.07) is 2.54. The lowest BCUT2D eigenvalue weighted by Gasteiger charge is -2.11. The van der Waals surface area contributed by atoms with Gasteiger partial charge in [0, 0.05) is 6.04 Å². The fourth-order valence-corrected chi connectivity index (χ4v) is 2.71. The molecule has 2 rings (SSSR count). The summed E-state index contributed by atoms with van der Waals surface area (Å²) in [5.74, 6) is 0.539. The topological polar surface area (TPSA) is 112 Å². The molecular weight excluding hydrogens is 272 g/mol. The first-order chi connectivity index (χ1) is 9.05. The Balaban J connectivity index is 1.98. The summed E-state index contributed by atoms with van der Waals surface area (Å²) >= 11 is 0. The third-order valence-electron chi connectivity index (χ3n) is 2.81. The van der Waals surface area contributed by atoms with Gasteiger partial charge in [-0.2, -0.15) is 0 Å². The van der Waals surface area contributed by atoms with Crippen molar-refractivity contribution in [3.05, 3.63) is 17.9 Å². The van der Waals surface area contributed by atoms with Gasteiger partial charge in [-0.1, -0.05) is 0 Å². The second kappa shape index (κ2) is 6.02. The highest BCUT2D eigenvalue weighted by molar-refractivity contribution is 7.89. The SMILES string of the molecule is O=S(=O)(NC(CO)CO)c1ccc(CNC2CC2)o1. The number of aliphatic hydroxyl groups excluding tert-OH is 2. The van der Waals surface area contributed by atoms with Crippen molar-refractivity contribution in [1.82, 2.24) is 10.0 Å². The van der Waals surface area contributed by atoms with E-state index in [0.717, 1.165) is 12.8 Å². The maximum atomic E-state index is 11.9. The van der Waals surface area contributed by atoms with Crippen LogP contribution in [0.3, 0.4) is 0 Å². The van der Waals surface area contributed by atoms with Crippen LogP contribution in [0, 0.1) is 0 Å². The molecule has 1 aromatic rings. The molecule has 0 radical (unpaired) electrons. The van der Waals surface area contributed by atoms with Crippen LogP contribution in [0.2, 0.25) is 0 Å². The summed E-state index contributed by atoms with van der Waals surface area (Å²) in [5.41, 5.74) is 0. The Kier molecular flexibility index (Phi) is 4.58. The standard InChI is InChI=1S/C11H18N2O5S/c14-6-9(7-15)13-19(16,17)11-4-3-10(18-11)5-12-8-1-2-8/h3-4,8-9,12-15H,1-2,5-7H2. The van der Waals surface area contributed by atoms with E-state index in [0.29, 0.717) is 18.3 Å². The van der Waals surface area contributed by atoms with Gasteiger partial charge in [0.2, 0.25) is 5.09 Å². The van der Waals surface area contributed by atoms with E-state index in [4.69, 9.17) is 14.6 Å². The highest BCUT2D eigenvalue weighted by Gasteiger charge is 2.24. The van der Waals surface area contributed by atoms with E-state index in [2.05, 4.69) is 10.0 Å². The van der Waals surface area contributed by atoms with E-state index < -0.39 is 29.3 Å². The highest BCUT2D eigenvalue weighted by Crippen LogP contribution is 2.20. The van der Waals surface area contributed by atoms with Gasteiger partial charge >= 0.3 is 0 Å². The minimum absolute atomic E-state index is 0.216. The van der Waals surface area contributed by atoms with Crippen LogP contribution in [0.1, 0.15) is 18.6 Å². The van der Waals surface area contributed by atoms with Crippen molar-refractivity contribution in [2.24, 2.45) is 0 Å². The number of furan rings is 1. The summed E-state index contributed by atoms with van der Waals surface area (Å²) in [6.45, 7) is -0.470. The average molecular weight is 290 g/mol. The van der Waals surface area contributed by atoms with Crippen molar-refractivity contribution in [2.45, 2.75) is 36.6 Å². The van der Waals surface area contributed by atoms with Crippen LogP contribution in [-0.2, 0) is 16.6 Å². The Hall–Kier alpha value is -0.930. The Labute approximate surface area is 111 Å². The molecule has 0 amide bonds. The summed E-state index contributed by atoms with van der Waals surface area (Å²) in [5, 5.41) is 20.7. The molecule has 1 heterocycles. The third kappa shape index (κ3) is 4.02. The van der Waals surface area contributed by atoms with Gasteiger partial charge in [-0.15, -0.1) is 0 Å². The Morgan fingerprint density at radius 3 is 2.58 bits per heavy atom. The first-order valence-corrected chi connectivity index (χ1v) is 7.59. The predicted molar refractivity (Wildman–Crippen MR) is 66.9 cm³/mol. The van der Waals surface area contributed by atoms with Gasteiger partial charge in [-0.3, -0.25) is 0 Å². The van der Waals surface area contributed by atoms with Crippen molar-refractivity contribution < 1.29 is 23.0 Å². The van der Waals surface area contributed by atoms with Crippen molar-refractivity contribution in [3.63, 3.8) is 0 Å². The van der Waals surface area contributed by atoms with Gasteiger partial charge in [0.25, 0.3) is 10.0 Å². The third-order valence-corrected chi connectivity index (χ3v) is 4.20. The molecule has 0 bridgehead atoms. The van der Waals surface area contributed by atoms with Gasteiger partial charge in [0.1, 0.15) is 5.76 Å². The van der Waals surface area contributed by atoms with E-state index in [1.807, 2.05) is 0 Å². The van der Waals surface area contributed by atoms with Gasteiger partial charge < -0.3 is 19.9 Å². The van der Waals surface area contributed by atoms with Crippen LogP contribution in [-0.4, -0.2) is 43.9 Å². The molecule has 0 atom stereocenters. The summed E-state index contributed by atoms with van der Waals surface area (Å²) < 4.78 is 31.2. The number of hydrogen-bond donors (Lipinski definition) is 4. The average Bonchev–Trinajstić information content (AvgIpc) is 3.09. The first kappa shape index (κ1) is 14.5. The number of nitrogens with one attached hydrogen (secondary N) is 2. The minimum atomic E-state index is -3.85. The van der Waals surface area contributed by atoms with Gasteiger partial charge in [0.15, 0.2) is 0 Å². The summed E-state index contributed by atoms with van der Waals surface area (Å²) in [6.07, 6.45) is 2.28. The molecule has 1 aliphatic carbocycles. The quantitative estimate of drug-likeness (QED) is 0.497. The van der Waals surface area contributed by atoms with Crippen LogP contribution in [0.5, 0.6) is 0 Å². The Morgan fingerprint density at radius 2 is 2.00 bits per heavy atom. The van der Waals surface area contributed by atoms with Gasteiger partial charge in [-0.05, 0) is 25.0 Å². The van der Waals surface area contributed by atoms with Crippen molar-refractivity contribution >= 4 is 10.0 Å². The normalized spacial score (nSPS) is 16.2. The predicted octanol–water partition coefficient (Wildman–Crippen LogP) is -0.837. The van der Waals surface area contributed by atoms with Crippen LogP contribution in [0.25, 0.3) is 0 Å². The van der Waals surface area contributed by atoms with Crippen LogP contribution >= 0.6 is 0 Å². The van der Waals surface area contributed by atoms with E-state index in [1.54, 1.807) is 6.07 Å². The molecule has 0 saturated heterocycles. The lowest BCUT2D eigenvalue weighted by Crippen LogP contribution is -2.39. The molecule has 4 N–H and O–H groups in total. The molecule has 1 saturated carbocycles. The van der Waals surface area contributed by atoms with Crippen LogP contribution in [0.15, 0.2) is 21.6 Å². The second-order valence-electron chi connectivity index (χ2n) is 4.56. The van der Waals surface area contributed by atoms with Crippen molar-refractivity contribution in [3.8, 4) is 0 Å². The van der Waals surface area contributed by atoms with Gasteiger partial charge in [0.05, 0.1) is 25.8 Å². The lowest BCUT2D eigenvalue weighted by atomic mass is 10.4. The first-order valence-electron chi connectivity index (χ1n) is 6.11. The van der Waals surface area contributed by atoms with Crippen LogP contribution in [0.4, 0.5) is 0 Å². The van der Waals surface area contributed by atoms with E-state index in [1.165, 1.54) is 6.07 Å². The molecule has 1 aliphatic rings. The molecule has 8 heteroatoms. The second-order valence-corrected chi connectivity index (χ2v) is 6.20. The molecule has 1 aromatic heterocycles. The monoisotopic (exact) mass is 290 g/mol. The van der Waals surface area contributed by atoms with Crippen LogP contribution < -0.4 is 10.0 Å². The molecule has 0 spiro atoms. The van der Waals surface area contributed by atoms with E-state index in [9.17, 15) is 8.42 Å². The number of rotatable bonds is 8. The molecule has 1 fully saturated rings. The molecule has 0 aliphatic heterocycles. The van der Waals surface area contributed by atoms with E-state index >= 15 is 0 Å². The maximum absolute atomic E-state index is 11.9. The largest absolute Gasteiger partial charge is 0.447 e. The fourth-order valence-electron chi connectivity index (χ4n) is 1.54. The fraction of sp³-hybridized carbons (Fsp3) is 0.636. The van der Waals surface area contributed by atoms with Crippen molar-refractivity contribution in [2.75, 3.05) is 13.2 Å². The molecule has 7 nitrogen and oxygen atoms in total. The molecule has 108 valence electrons. The lowest BCUT2D eigenvalue weighted by molar-refractivity contribution is 0.184. The zero-order chi connectivity index (χ0) is 13.9. The number of hydrogen-bond acceptors (Lipinski definition) is 6. The minimum Gasteiger partial charge on any atom is -0.447 e. The van der Waals surface area contributed by atoms with E-state index in [-0.39, 0.29) is 5.09 Å². The zero-order valence-electron chi connectivity index (χ0n) is 10.4. The summed E-state index contributed by atoms with van der Waals surface area (Å²) in [4.78, 5) is 0. The highest BCUT2D eigenvalue weighted by atomic mass is 32.2. The maximum Gasteiger partial charge on any atom is 0.274 e. The Bertz CT molecular complexity index is 505. The molecule has 19 heavy (non-hydrogen) atoms. The van der Waals surface area contributed by atoms with Crippen molar-refractivity contribution in [1.29, 1.82) is 0 Å². The summed E-state index contributed by atoms with van der Waals surface area (Å²) in [7, 11) is -3.85. The molecule has 0 aromatic carbocycles. The molecular formula is C11H18N2O5S. The smallest absolute Gasteiger partial charge is 0.274 e. The van der Waals surface area contributed by atoms with Gasteiger partial charge in [-0.25, -0.2) is 13.1 Å². The molecule has 0 unspecified atom stereocenters. The number of aliphatic hydroxyl groups is 2.